The number of halogens is 1. The van der Waals surface area contributed by atoms with Gasteiger partial charge in [0, 0.05) is 31.4 Å². The second-order valence-electron chi connectivity index (χ2n) is 5.26. The number of hydrogen-bond acceptors (Lipinski definition) is 4. The van der Waals surface area contributed by atoms with E-state index < -0.39 is 0 Å². The van der Waals surface area contributed by atoms with Crippen LogP contribution < -0.4 is 10.2 Å². The van der Waals surface area contributed by atoms with Crippen molar-refractivity contribution < 1.29 is 0 Å². The summed E-state index contributed by atoms with van der Waals surface area (Å²) in [6.07, 6.45) is 1.24. The third-order valence-electron chi connectivity index (χ3n) is 3.40. The van der Waals surface area contributed by atoms with E-state index in [1.165, 1.54) is 17.9 Å². The summed E-state index contributed by atoms with van der Waals surface area (Å²) in [7, 11) is 2.13. The monoisotopic (exact) mass is 299 g/mol. The van der Waals surface area contributed by atoms with Crippen LogP contribution in [0.25, 0.3) is 0 Å². The van der Waals surface area contributed by atoms with Gasteiger partial charge in [-0.25, -0.2) is 4.98 Å². The van der Waals surface area contributed by atoms with Crippen molar-refractivity contribution in [3.8, 4) is 0 Å². The molecule has 2 rings (SSSR count). The molecule has 0 saturated carbocycles. The Morgan fingerprint density at radius 2 is 2.32 bits per heavy atom. The molecule has 1 N–H and O–H groups in total. The van der Waals surface area contributed by atoms with E-state index in [-0.39, 0.29) is 0 Å². The second-order valence-corrected chi connectivity index (χ2v) is 6.82. The highest BCUT2D eigenvalue weighted by atomic mass is 35.5. The summed E-state index contributed by atoms with van der Waals surface area (Å²) in [5, 5.41) is 4.11. The van der Waals surface area contributed by atoms with Gasteiger partial charge < -0.3 is 10.2 Å². The minimum absolute atomic E-state index is 0.436. The van der Waals surface area contributed by atoms with Crippen LogP contribution in [0.15, 0.2) is 12.1 Å². The van der Waals surface area contributed by atoms with Crippen LogP contribution in [0.3, 0.4) is 0 Å². The van der Waals surface area contributed by atoms with Crippen molar-refractivity contribution >= 4 is 29.2 Å². The lowest BCUT2D eigenvalue weighted by Crippen LogP contribution is -2.32. The molecule has 1 fully saturated rings. The first kappa shape index (κ1) is 14.9. The van der Waals surface area contributed by atoms with Gasteiger partial charge in [-0.2, -0.15) is 11.8 Å². The molecule has 1 saturated heterocycles. The average Bonchev–Trinajstić information content (AvgIpc) is 2.90. The quantitative estimate of drug-likeness (QED) is 0.904. The number of nitrogens with zero attached hydrogens (tertiary/aromatic N) is 2. The molecule has 1 unspecified atom stereocenters. The van der Waals surface area contributed by atoms with Crippen LogP contribution in [0.1, 0.15) is 26.0 Å². The zero-order valence-electron chi connectivity index (χ0n) is 11.8. The summed E-state index contributed by atoms with van der Waals surface area (Å²) in [6.45, 7) is 4.97. The molecule has 0 aliphatic carbocycles. The van der Waals surface area contributed by atoms with Gasteiger partial charge in [-0.15, -0.1) is 0 Å². The SMILES string of the molecule is CC(C)NCc1nc(N(C)C2CCSC2)ccc1Cl. The smallest absolute Gasteiger partial charge is 0.128 e. The number of pyridine rings is 1. The first-order valence-electron chi connectivity index (χ1n) is 6.77. The van der Waals surface area contributed by atoms with Gasteiger partial charge in [-0.3, -0.25) is 0 Å². The van der Waals surface area contributed by atoms with E-state index in [0.717, 1.165) is 23.1 Å². The van der Waals surface area contributed by atoms with Crippen molar-refractivity contribution in [2.45, 2.75) is 38.9 Å². The van der Waals surface area contributed by atoms with Crippen LogP contribution in [-0.4, -0.2) is 35.6 Å². The lowest BCUT2D eigenvalue weighted by molar-refractivity contribution is 0.580. The maximum Gasteiger partial charge on any atom is 0.128 e. The highest BCUT2D eigenvalue weighted by Crippen LogP contribution is 2.26. The number of nitrogens with one attached hydrogen (secondary N) is 1. The number of aromatic nitrogens is 1. The molecule has 106 valence electrons. The molecule has 0 amide bonds. The maximum absolute atomic E-state index is 6.22. The van der Waals surface area contributed by atoms with Crippen molar-refractivity contribution in [2.24, 2.45) is 0 Å². The van der Waals surface area contributed by atoms with Gasteiger partial charge in [0.1, 0.15) is 5.82 Å². The molecular formula is C14H22ClN3S. The summed E-state index contributed by atoms with van der Waals surface area (Å²) in [5.74, 6) is 3.47. The molecule has 3 nitrogen and oxygen atoms in total. The van der Waals surface area contributed by atoms with Gasteiger partial charge in [-0.05, 0) is 24.3 Å². The summed E-state index contributed by atoms with van der Waals surface area (Å²) >= 11 is 8.24. The molecule has 19 heavy (non-hydrogen) atoms. The van der Waals surface area contributed by atoms with E-state index in [1.807, 2.05) is 23.9 Å². The average molecular weight is 300 g/mol. The Bertz CT molecular complexity index is 419. The molecule has 1 aromatic rings. The molecular weight excluding hydrogens is 278 g/mol. The Morgan fingerprint density at radius 3 is 2.95 bits per heavy atom. The van der Waals surface area contributed by atoms with Crippen molar-refractivity contribution in [2.75, 3.05) is 23.5 Å². The molecule has 0 radical (unpaired) electrons. The predicted molar refractivity (Wildman–Crippen MR) is 85.4 cm³/mol. The third kappa shape index (κ3) is 4.01. The molecule has 1 atom stereocenters. The van der Waals surface area contributed by atoms with Crippen LogP contribution in [-0.2, 0) is 6.54 Å². The fourth-order valence-corrected chi connectivity index (χ4v) is 3.55. The molecule has 0 bridgehead atoms. The van der Waals surface area contributed by atoms with Crippen molar-refractivity contribution in [1.29, 1.82) is 0 Å². The van der Waals surface area contributed by atoms with Crippen LogP contribution in [0.4, 0.5) is 5.82 Å². The standard InChI is InChI=1S/C14H22ClN3S/c1-10(2)16-8-13-12(15)4-5-14(17-13)18(3)11-6-7-19-9-11/h4-5,10-11,16H,6-9H2,1-3H3. The van der Waals surface area contributed by atoms with E-state index in [1.54, 1.807) is 0 Å². The van der Waals surface area contributed by atoms with Crippen LogP contribution in [0.2, 0.25) is 5.02 Å². The van der Waals surface area contributed by atoms with Crippen molar-refractivity contribution in [3.05, 3.63) is 22.8 Å². The number of rotatable bonds is 5. The number of anilines is 1. The molecule has 1 aliphatic rings. The van der Waals surface area contributed by atoms with Gasteiger partial charge >= 0.3 is 0 Å². The van der Waals surface area contributed by atoms with Crippen LogP contribution in [0, 0.1) is 0 Å². The molecule has 5 heteroatoms. The normalized spacial score (nSPS) is 19.1. The van der Waals surface area contributed by atoms with Crippen LogP contribution in [0.5, 0.6) is 0 Å². The zero-order chi connectivity index (χ0) is 13.8. The summed E-state index contributed by atoms with van der Waals surface area (Å²) in [5.41, 5.74) is 0.936. The Morgan fingerprint density at radius 1 is 1.53 bits per heavy atom. The fourth-order valence-electron chi connectivity index (χ4n) is 2.11. The van der Waals surface area contributed by atoms with Gasteiger partial charge in [0.05, 0.1) is 10.7 Å². The highest BCUT2D eigenvalue weighted by molar-refractivity contribution is 7.99. The zero-order valence-corrected chi connectivity index (χ0v) is 13.4. The van der Waals surface area contributed by atoms with Gasteiger partial charge in [-0.1, -0.05) is 25.4 Å². The Labute approximate surface area is 125 Å². The van der Waals surface area contributed by atoms with E-state index >= 15 is 0 Å². The summed E-state index contributed by atoms with van der Waals surface area (Å²) in [6, 6.07) is 5.01. The molecule has 1 aliphatic heterocycles. The van der Waals surface area contributed by atoms with E-state index in [4.69, 9.17) is 16.6 Å². The van der Waals surface area contributed by atoms with Crippen molar-refractivity contribution in [3.63, 3.8) is 0 Å². The third-order valence-corrected chi connectivity index (χ3v) is 4.89. The minimum atomic E-state index is 0.436. The Hall–Kier alpha value is -0.450. The Kier molecular flexibility index (Phi) is 5.37. The number of thioether (sulfide) groups is 1. The summed E-state index contributed by atoms with van der Waals surface area (Å²) in [4.78, 5) is 7.00. The molecule has 0 spiro atoms. The van der Waals surface area contributed by atoms with Gasteiger partial charge in [0.25, 0.3) is 0 Å². The molecule has 1 aromatic heterocycles. The molecule has 0 aromatic carbocycles. The lowest BCUT2D eigenvalue weighted by atomic mass is 10.2. The van der Waals surface area contributed by atoms with E-state index in [0.29, 0.717) is 12.1 Å². The Balaban J connectivity index is 2.10. The van der Waals surface area contributed by atoms with E-state index in [2.05, 4.69) is 31.1 Å². The van der Waals surface area contributed by atoms with Gasteiger partial charge in [0.15, 0.2) is 0 Å². The first-order chi connectivity index (χ1) is 9.08. The molecule has 2 heterocycles. The maximum atomic E-state index is 6.22. The number of hydrogen-bond donors (Lipinski definition) is 1. The van der Waals surface area contributed by atoms with E-state index in [9.17, 15) is 0 Å². The van der Waals surface area contributed by atoms with Crippen LogP contribution >= 0.6 is 23.4 Å². The lowest BCUT2D eigenvalue weighted by Gasteiger charge is -2.25. The minimum Gasteiger partial charge on any atom is -0.356 e. The highest BCUT2D eigenvalue weighted by Gasteiger charge is 2.21. The summed E-state index contributed by atoms with van der Waals surface area (Å²) < 4.78 is 0. The second kappa shape index (κ2) is 6.82. The largest absolute Gasteiger partial charge is 0.356 e. The van der Waals surface area contributed by atoms with Gasteiger partial charge in [0.2, 0.25) is 0 Å². The topological polar surface area (TPSA) is 28.2 Å². The predicted octanol–water partition coefficient (Wildman–Crippen LogP) is 3.17. The van der Waals surface area contributed by atoms with Crippen molar-refractivity contribution in [1.82, 2.24) is 10.3 Å². The first-order valence-corrected chi connectivity index (χ1v) is 8.30. The fraction of sp³-hybridized carbons (Fsp3) is 0.643.